The van der Waals surface area contributed by atoms with Gasteiger partial charge in [0.05, 0.1) is 16.1 Å². The van der Waals surface area contributed by atoms with Crippen LogP contribution in [0.1, 0.15) is 11.1 Å². The summed E-state index contributed by atoms with van der Waals surface area (Å²) in [4.78, 5) is 18.2. The van der Waals surface area contributed by atoms with E-state index in [0.29, 0.717) is 22.7 Å². The van der Waals surface area contributed by atoms with E-state index < -0.39 is 4.92 Å². The van der Waals surface area contributed by atoms with Crippen molar-refractivity contribution in [2.75, 3.05) is 5.73 Å². The molecule has 2 rings (SSSR count). The molecule has 98 valence electrons. The molecule has 7 nitrogen and oxygen atoms in total. The fourth-order valence-electron chi connectivity index (χ4n) is 1.57. The minimum absolute atomic E-state index is 0.00261. The largest absolute Gasteiger partial charge is 0.438 e. The molecule has 1 aromatic carbocycles. The van der Waals surface area contributed by atoms with Gasteiger partial charge in [0, 0.05) is 6.07 Å². The van der Waals surface area contributed by atoms with Gasteiger partial charge < -0.3 is 10.5 Å². The van der Waals surface area contributed by atoms with Crippen LogP contribution in [0.3, 0.4) is 0 Å². The van der Waals surface area contributed by atoms with Crippen LogP contribution in [-0.2, 0) is 0 Å². The van der Waals surface area contributed by atoms with Crippen LogP contribution in [0.15, 0.2) is 24.5 Å². The highest BCUT2D eigenvalue weighted by atomic mass is 16.6. The lowest BCUT2D eigenvalue weighted by Gasteiger charge is -2.10. The highest BCUT2D eigenvalue weighted by Crippen LogP contribution is 2.31. The van der Waals surface area contributed by atoms with Crippen LogP contribution < -0.4 is 10.5 Å². The lowest BCUT2D eigenvalue weighted by atomic mass is 10.2. The molecule has 2 aromatic rings. The fourth-order valence-corrected chi connectivity index (χ4v) is 1.57. The maximum Gasteiger partial charge on any atom is 0.276 e. The van der Waals surface area contributed by atoms with E-state index >= 15 is 0 Å². The number of nitrogen functional groups attached to an aromatic ring is 1. The highest BCUT2D eigenvalue weighted by molar-refractivity contribution is 5.51. The summed E-state index contributed by atoms with van der Waals surface area (Å²) in [7, 11) is 0. The topological polar surface area (TPSA) is 104 Å². The zero-order chi connectivity index (χ0) is 14.0. The van der Waals surface area contributed by atoms with Crippen LogP contribution in [0, 0.1) is 24.0 Å². The zero-order valence-corrected chi connectivity index (χ0v) is 10.5. The number of nitrogens with zero attached hydrogens (tertiary/aromatic N) is 3. The minimum Gasteiger partial charge on any atom is -0.438 e. The molecule has 0 aliphatic rings. The lowest BCUT2D eigenvalue weighted by molar-refractivity contribution is -0.385. The Balaban J connectivity index is 2.42. The highest BCUT2D eigenvalue weighted by Gasteiger charge is 2.16. The molecular formula is C12H12N4O3. The van der Waals surface area contributed by atoms with E-state index in [1.54, 1.807) is 26.0 Å². The number of nitro benzene ring substituents is 1. The molecule has 0 atom stereocenters. The van der Waals surface area contributed by atoms with Crippen molar-refractivity contribution in [1.29, 1.82) is 0 Å². The summed E-state index contributed by atoms with van der Waals surface area (Å²) in [6, 6.07) is 4.61. The van der Waals surface area contributed by atoms with E-state index in [-0.39, 0.29) is 11.6 Å². The summed E-state index contributed by atoms with van der Waals surface area (Å²) >= 11 is 0. The molecule has 0 amide bonds. The van der Waals surface area contributed by atoms with Crippen LogP contribution in [0.5, 0.6) is 11.6 Å². The standard InChI is InChI=1S/C12H12N4O3/c1-7-9(16(17)18)4-3-5-10(7)19-12-8(2)11(13)14-6-15-12/h3-6H,1-2H3,(H2,13,14,15). The van der Waals surface area contributed by atoms with E-state index in [2.05, 4.69) is 9.97 Å². The summed E-state index contributed by atoms with van der Waals surface area (Å²) in [6.45, 7) is 3.34. The Morgan fingerprint density at radius 3 is 2.68 bits per heavy atom. The Morgan fingerprint density at radius 2 is 2.00 bits per heavy atom. The van der Waals surface area contributed by atoms with E-state index in [0.717, 1.165) is 0 Å². The quantitative estimate of drug-likeness (QED) is 0.671. The van der Waals surface area contributed by atoms with Crippen LogP contribution in [0.2, 0.25) is 0 Å². The number of anilines is 1. The molecule has 0 fully saturated rings. The average molecular weight is 260 g/mol. The van der Waals surface area contributed by atoms with Crippen LogP contribution >= 0.6 is 0 Å². The second-order valence-corrected chi connectivity index (χ2v) is 3.95. The number of hydrogen-bond donors (Lipinski definition) is 1. The van der Waals surface area contributed by atoms with Crippen molar-refractivity contribution in [3.05, 3.63) is 45.8 Å². The Morgan fingerprint density at radius 1 is 1.26 bits per heavy atom. The summed E-state index contributed by atoms with van der Waals surface area (Å²) in [5, 5.41) is 10.9. The monoisotopic (exact) mass is 260 g/mol. The second-order valence-electron chi connectivity index (χ2n) is 3.95. The first-order valence-corrected chi connectivity index (χ1v) is 5.49. The Hall–Kier alpha value is -2.70. The molecule has 19 heavy (non-hydrogen) atoms. The third-order valence-electron chi connectivity index (χ3n) is 2.74. The normalized spacial score (nSPS) is 10.2. The molecule has 7 heteroatoms. The van der Waals surface area contributed by atoms with Gasteiger partial charge in [0.1, 0.15) is 17.9 Å². The molecule has 2 N–H and O–H groups in total. The van der Waals surface area contributed by atoms with Crippen molar-refractivity contribution < 1.29 is 9.66 Å². The lowest BCUT2D eigenvalue weighted by Crippen LogP contribution is -2.00. The number of benzene rings is 1. The van der Waals surface area contributed by atoms with E-state index in [1.807, 2.05) is 0 Å². The van der Waals surface area contributed by atoms with Gasteiger partial charge in [-0.3, -0.25) is 10.1 Å². The van der Waals surface area contributed by atoms with Gasteiger partial charge in [0.25, 0.3) is 5.69 Å². The maximum absolute atomic E-state index is 10.9. The molecule has 0 unspecified atom stereocenters. The second kappa shape index (κ2) is 4.89. The van der Waals surface area contributed by atoms with Crippen molar-refractivity contribution in [2.24, 2.45) is 0 Å². The number of ether oxygens (including phenoxy) is 1. The van der Waals surface area contributed by atoms with Gasteiger partial charge in [0.2, 0.25) is 5.88 Å². The average Bonchev–Trinajstić information content (AvgIpc) is 2.37. The first-order chi connectivity index (χ1) is 9.00. The summed E-state index contributed by atoms with van der Waals surface area (Å²) < 4.78 is 5.58. The van der Waals surface area contributed by atoms with Crippen molar-refractivity contribution in [3.63, 3.8) is 0 Å². The minimum atomic E-state index is -0.455. The molecular weight excluding hydrogens is 248 g/mol. The first-order valence-electron chi connectivity index (χ1n) is 5.49. The van der Waals surface area contributed by atoms with Gasteiger partial charge in [-0.1, -0.05) is 6.07 Å². The predicted octanol–water partition coefficient (Wildman–Crippen LogP) is 2.38. The SMILES string of the molecule is Cc1c(Oc2ncnc(N)c2C)cccc1[N+](=O)[O-]. The number of nitrogens with two attached hydrogens (primary N) is 1. The third kappa shape index (κ3) is 2.44. The summed E-state index contributed by atoms with van der Waals surface area (Å²) in [5.74, 6) is 0.972. The molecule has 0 bridgehead atoms. The Labute approximate surface area is 109 Å². The van der Waals surface area contributed by atoms with E-state index in [1.165, 1.54) is 12.4 Å². The number of rotatable bonds is 3. The van der Waals surface area contributed by atoms with Gasteiger partial charge >= 0.3 is 0 Å². The molecule has 0 saturated heterocycles. The molecule has 0 saturated carbocycles. The van der Waals surface area contributed by atoms with Gasteiger partial charge in [-0.05, 0) is 19.9 Å². The van der Waals surface area contributed by atoms with Crippen molar-refractivity contribution in [2.45, 2.75) is 13.8 Å². The molecule has 0 spiro atoms. The van der Waals surface area contributed by atoms with Crippen LogP contribution in [0.4, 0.5) is 11.5 Å². The molecule has 0 aliphatic carbocycles. The molecule has 0 radical (unpaired) electrons. The first kappa shape index (κ1) is 12.7. The van der Waals surface area contributed by atoms with E-state index in [4.69, 9.17) is 10.5 Å². The number of hydrogen-bond acceptors (Lipinski definition) is 6. The zero-order valence-electron chi connectivity index (χ0n) is 10.5. The number of aromatic nitrogens is 2. The predicted molar refractivity (Wildman–Crippen MR) is 69.1 cm³/mol. The molecule has 1 aromatic heterocycles. The smallest absolute Gasteiger partial charge is 0.276 e. The van der Waals surface area contributed by atoms with Gasteiger partial charge in [-0.2, -0.15) is 0 Å². The van der Waals surface area contributed by atoms with Crippen molar-refractivity contribution in [3.8, 4) is 11.6 Å². The summed E-state index contributed by atoms with van der Waals surface area (Å²) in [6.07, 6.45) is 1.28. The van der Waals surface area contributed by atoms with Crippen LogP contribution in [-0.4, -0.2) is 14.9 Å². The Kier molecular flexibility index (Phi) is 3.28. The third-order valence-corrected chi connectivity index (χ3v) is 2.74. The van der Waals surface area contributed by atoms with Gasteiger partial charge in [-0.25, -0.2) is 9.97 Å². The molecule has 0 aliphatic heterocycles. The van der Waals surface area contributed by atoms with Crippen LogP contribution in [0.25, 0.3) is 0 Å². The van der Waals surface area contributed by atoms with Gasteiger partial charge in [-0.15, -0.1) is 0 Å². The van der Waals surface area contributed by atoms with E-state index in [9.17, 15) is 10.1 Å². The molecule has 1 heterocycles. The Bertz CT molecular complexity index is 643. The fraction of sp³-hybridized carbons (Fsp3) is 0.167. The number of nitro groups is 1. The summed E-state index contributed by atoms with van der Waals surface area (Å²) in [5.41, 5.74) is 6.67. The maximum atomic E-state index is 10.9. The van der Waals surface area contributed by atoms with Gasteiger partial charge in [0.15, 0.2) is 0 Å². The van der Waals surface area contributed by atoms with Crippen molar-refractivity contribution in [1.82, 2.24) is 9.97 Å². The van der Waals surface area contributed by atoms with Crippen molar-refractivity contribution >= 4 is 11.5 Å².